The van der Waals surface area contributed by atoms with E-state index >= 15 is 0 Å². The Morgan fingerprint density at radius 3 is 2.73 bits per heavy atom. The monoisotopic (exact) mass is 231 g/mol. The number of rotatable bonds is 4. The first-order valence-corrected chi connectivity index (χ1v) is 4.85. The number of nitrogens with two attached hydrogens (primary N) is 1. The largest absolute Gasteiger partial charge is 0.506 e. The van der Waals surface area contributed by atoms with Gasteiger partial charge < -0.3 is 20.7 Å². The second-order valence-corrected chi connectivity index (χ2v) is 3.60. The average Bonchev–Trinajstić information content (AvgIpc) is 2.23. The zero-order chi connectivity index (χ0) is 11.4. The quantitative estimate of drug-likeness (QED) is 0.728. The summed E-state index contributed by atoms with van der Waals surface area (Å²) in [5.41, 5.74) is 6.83. The normalized spacial score (nSPS) is 12.8. The van der Waals surface area contributed by atoms with E-state index in [1.807, 2.05) is 0 Å². The van der Waals surface area contributed by atoms with Crippen LogP contribution in [-0.4, -0.2) is 23.9 Å². The maximum absolute atomic E-state index is 9.73. The van der Waals surface area contributed by atoms with Gasteiger partial charge in [-0.3, -0.25) is 0 Å². The summed E-state index contributed by atoms with van der Waals surface area (Å²) >= 11 is 5.76. The first-order chi connectivity index (χ1) is 7.11. The molecule has 0 aliphatic carbocycles. The molecule has 84 valence electrons. The van der Waals surface area contributed by atoms with Crippen LogP contribution in [0.15, 0.2) is 12.1 Å². The molecule has 1 aromatic rings. The summed E-state index contributed by atoms with van der Waals surface area (Å²) in [5.74, 6) is -0.0900. The fourth-order valence-electron chi connectivity index (χ4n) is 1.41. The number of aromatic hydroxyl groups is 1. The molecule has 0 amide bonds. The van der Waals surface area contributed by atoms with Crippen LogP contribution >= 0.6 is 11.6 Å². The molecule has 5 heteroatoms. The number of phenols is 1. The van der Waals surface area contributed by atoms with Crippen LogP contribution in [0.5, 0.6) is 5.75 Å². The van der Waals surface area contributed by atoms with Crippen molar-refractivity contribution in [1.29, 1.82) is 0 Å². The first-order valence-electron chi connectivity index (χ1n) is 4.47. The fraction of sp³-hybridized carbons (Fsp3) is 0.400. The van der Waals surface area contributed by atoms with Crippen LogP contribution < -0.4 is 5.73 Å². The average molecular weight is 232 g/mol. The van der Waals surface area contributed by atoms with E-state index in [9.17, 15) is 5.11 Å². The maximum Gasteiger partial charge on any atom is 0.139 e. The molecule has 0 saturated carbocycles. The van der Waals surface area contributed by atoms with E-state index in [0.717, 1.165) is 5.56 Å². The zero-order valence-corrected chi connectivity index (χ0v) is 9.16. The number of hydrogen-bond donors (Lipinski definition) is 3. The minimum Gasteiger partial charge on any atom is -0.506 e. The summed E-state index contributed by atoms with van der Waals surface area (Å²) in [6, 6.07) is 2.63. The Morgan fingerprint density at radius 1 is 1.53 bits per heavy atom. The van der Waals surface area contributed by atoms with Gasteiger partial charge in [0.05, 0.1) is 24.3 Å². The maximum atomic E-state index is 9.73. The van der Waals surface area contributed by atoms with Crippen LogP contribution in [0.1, 0.15) is 17.2 Å². The number of halogens is 1. The third kappa shape index (κ3) is 2.60. The Hall–Kier alpha value is -0.810. The number of phenolic OH excluding ortho intramolecular Hbond substituents is 1. The van der Waals surface area contributed by atoms with Gasteiger partial charge in [0.2, 0.25) is 0 Å². The van der Waals surface area contributed by atoms with E-state index in [-0.39, 0.29) is 17.4 Å². The van der Waals surface area contributed by atoms with Gasteiger partial charge in [0.1, 0.15) is 5.75 Å². The molecule has 1 atom stereocenters. The van der Waals surface area contributed by atoms with Crippen molar-refractivity contribution in [3.63, 3.8) is 0 Å². The van der Waals surface area contributed by atoms with Gasteiger partial charge >= 0.3 is 0 Å². The highest BCUT2D eigenvalue weighted by atomic mass is 35.5. The second-order valence-electron chi connectivity index (χ2n) is 3.19. The fourth-order valence-corrected chi connectivity index (χ4v) is 1.57. The number of benzene rings is 1. The summed E-state index contributed by atoms with van der Waals surface area (Å²) < 4.78 is 4.97. The number of hydrogen-bond acceptors (Lipinski definition) is 4. The molecule has 0 aromatic heterocycles. The van der Waals surface area contributed by atoms with Crippen molar-refractivity contribution in [2.45, 2.75) is 12.6 Å². The summed E-state index contributed by atoms with van der Waals surface area (Å²) in [4.78, 5) is 0. The summed E-state index contributed by atoms with van der Waals surface area (Å²) in [7, 11) is 1.54. The minimum absolute atomic E-state index is 0.0900. The minimum atomic E-state index is -0.658. The van der Waals surface area contributed by atoms with Gasteiger partial charge in [0.15, 0.2) is 0 Å². The summed E-state index contributed by atoms with van der Waals surface area (Å²) in [6.07, 6.45) is 0. The number of methoxy groups -OCH3 is 1. The molecule has 1 unspecified atom stereocenters. The predicted molar refractivity (Wildman–Crippen MR) is 57.8 cm³/mol. The number of ether oxygens (including phenoxy) is 1. The van der Waals surface area contributed by atoms with E-state index in [1.165, 1.54) is 0 Å². The molecule has 0 fully saturated rings. The van der Waals surface area contributed by atoms with Crippen molar-refractivity contribution in [2.75, 3.05) is 13.7 Å². The zero-order valence-electron chi connectivity index (χ0n) is 8.40. The third-order valence-corrected chi connectivity index (χ3v) is 2.43. The van der Waals surface area contributed by atoms with E-state index in [0.29, 0.717) is 12.2 Å². The van der Waals surface area contributed by atoms with Gasteiger partial charge in [-0.25, -0.2) is 0 Å². The lowest BCUT2D eigenvalue weighted by Gasteiger charge is -2.16. The van der Waals surface area contributed by atoms with Crippen molar-refractivity contribution >= 4 is 11.6 Å². The molecule has 0 saturated heterocycles. The van der Waals surface area contributed by atoms with Crippen molar-refractivity contribution in [3.8, 4) is 5.75 Å². The highest BCUT2D eigenvalue weighted by Gasteiger charge is 2.17. The molecular formula is C10H14ClNO3. The number of aliphatic hydroxyl groups is 1. The Kier molecular flexibility index (Phi) is 4.35. The van der Waals surface area contributed by atoms with Gasteiger partial charge in [0, 0.05) is 12.7 Å². The molecule has 4 nitrogen and oxygen atoms in total. The standard InChI is InChI=1S/C10H14ClNO3/c1-15-5-6-2-3-7(11)10(14)9(6)8(12)4-13/h2-3,8,13-14H,4-5,12H2,1H3. The van der Waals surface area contributed by atoms with Crippen LogP contribution in [0.3, 0.4) is 0 Å². The Morgan fingerprint density at radius 2 is 2.20 bits per heavy atom. The SMILES string of the molecule is COCc1ccc(Cl)c(O)c1C(N)CO. The summed E-state index contributed by atoms with van der Waals surface area (Å²) in [5, 5.41) is 18.9. The van der Waals surface area contributed by atoms with Crippen molar-refractivity contribution in [1.82, 2.24) is 0 Å². The molecule has 1 aromatic carbocycles. The predicted octanol–water partition coefficient (Wildman–Crippen LogP) is 1.18. The van der Waals surface area contributed by atoms with E-state index in [1.54, 1.807) is 19.2 Å². The van der Waals surface area contributed by atoms with Gasteiger partial charge in [-0.05, 0) is 11.6 Å². The Bertz CT molecular complexity index is 344. The van der Waals surface area contributed by atoms with Crippen LogP contribution in [0, 0.1) is 0 Å². The van der Waals surface area contributed by atoms with Gasteiger partial charge in [-0.1, -0.05) is 17.7 Å². The lowest BCUT2D eigenvalue weighted by molar-refractivity contribution is 0.182. The molecule has 0 bridgehead atoms. The topological polar surface area (TPSA) is 75.7 Å². The van der Waals surface area contributed by atoms with Gasteiger partial charge in [0.25, 0.3) is 0 Å². The molecule has 0 radical (unpaired) electrons. The van der Waals surface area contributed by atoms with Crippen LogP contribution in [0.25, 0.3) is 0 Å². The van der Waals surface area contributed by atoms with E-state index in [2.05, 4.69) is 0 Å². The smallest absolute Gasteiger partial charge is 0.139 e. The lowest BCUT2D eigenvalue weighted by Crippen LogP contribution is -2.17. The Labute approximate surface area is 93.2 Å². The molecular weight excluding hydrogens is 218 g/mol. The van der Waals surface area contributed by atoms with Crippen molar-refractivity contribution in [3.05, 3.63) is 28.3 Å². The number of aliphatic hydroxyl groups excluding tert-OH is 1. The molecule has 0 spiro atoms. The summed E-state index contributed by atoms with van der Waals surface area (Å²) in [6.45, 7) is 0.0539. The lowest BCUT2D eigenvalue weighted by atomic mass is 10.0. The van der Waals surface area contributed by atoms with E-state index < -0.39 is 6.04 Å². The van der Waals surface area contributed by atoms with Crippen LogP contribution in [0.2, 0.25) is 5.02 Å². The second kappa shape index (κ2) is 5.32. The highest BCUT2D eigenvalue weighted by Crippen LogP contribution is 2.33. The molecule has 15 heavy (non-hydrogen) atoms. The molecule has 0 heterocycles. The molecule has 4 N–H and O–H groups in total. The first kappa shape index (κ1) is 12.3. The van der Waals surface area contributed by atoms with Crippen molar-refractivity contribution < 1.29 is 14.9 Å². The highest BCUT2D eigenvalue weighted by molar-refractivity contribution is 6.32. The molecule has 0 aliphatic rings. The van der Waals surface area contributed by atoms with Gasteiger partial charge in [-0.2, -0.15) is 0 Å². The van der Waals surface area contributed by atoms with Crippen molar-refractivity contribution in [2.24, 2.45) is 5.73 Å². The molecule has 1 rings (SSSR count). The van der Waals surface area contributed by atoms with Crippen LogP contribution in [0.4, 0.5) is 0 Å². The Balaban J connectivity index is 3.21. The third-order valence-electron chi connectivity index (χ3n) is 2.13. The van der Waals surface area contributed by atoms with E-state index in [4.69, 9.17) is 27.2 Å². The van der Waals surface area contributed by atoms with Crippen LogP contribution in [-0.2, 0) is 11.3 Å². The molecule has 0 aliphatic heterocycles. The van der Waals surface area contributed by atoms with Gasteiger partial charge in [-0.15, -0.1) is 0 Å².